The Kier molecular flexibility index (Phi) is 10.9. The van der Waals surface area contributed by atoms with Gasteiger partial charge in [-0.15, -0.1) is 24.0 Å². The molecule has 23 heavy (non-hydrogen) atoms. The number of hydrogen-bond donors (Lipinski definition) is 2. The summed E-state index contributed by atoms with van der Waals surface area (Å²) in [6.45, 7) is 10.8. The van der Waals surface area contributed by atoms with Gasteiger partial charge in [0.05, 0.1) is 6.54 Å². The molecule has 2 rings (SSSR count). The Labute approximate surface area is 162 Å². The van der Waals surface area contributed by atoms with Crippen molar-refractivity contribution in [1.29, 1.82) is 0 Å². The molecule has 1 fully saturated rings. The average Bonchev–Trinajstić information content (AvgIpc) is 3.04. The Morgan fingerprint density at radius 3 is 2.74 bits per heavy atom. The predicted molar refractivity (Wildman–Crippen MR) is 112 cm³/mol. The number of thiophene rings is 1. The average molecular weight is 450 g/mol. The molecule has 1 unspecified atom stereocenters. The van der Waals surface area contributed by atoms with Crippen LogP contribution in [0.15, 0.2) is 21.8 Å². The molecule has 0 amide bonds. The fourth-order valence-electron chi connectivity index (χ4n) is 2.81. The van der Waals surface area contributed by atoms with Crippen LogP contribution in [0.1, 0.15) is 38.7 Å². The first-order valence-corrected chi connectivity index (χ1v) is 9.48. The third-order valence-electron chi connectivity index (χ3n) is 3.98. The highest BCUT2D eigenvalue weighted by Crippen LogP contribution is 2.10. The molecule has 0 radical (unpaired) electrons. The first-order valence-electron chi connectivity index (χ1n) is 8.53. The second kappa shape index (κ2) is 12.1. The largest absolute Gasteiger partial charge is 0.357 e. The minimum atomic E-state index is 0. The molecule has 1 aliphatic rings. The summed E-state index contributed by atoms with van der Waals surface area (Å²) in [6, 6.07) is 2.14. The number of halogens is 1. The van der Waals surface area contributed by atoms with Crippen LogP contribution in [0.25, 0.3) is 0 Å². The van der Waals surface area contributed by atoms with E-state index in [9.17, 15) is 0 Å². The number of nitrogens with one attached hydrogen (secondary N) is 2. The van der Waals surface area contributed by atoms with Crippen LogP contribution in [0.4, 0.5) is 0 Å². The molecule has 0 aliphatic carbocycles. The van der Waals surface area contributed by atoms with Gasteiger partial charge in [0, 0.05) is 19.6 Å². The number of piperidine rings is 1. The highest BCUT2D eigenvalue weighted by atomic mass is 127. The highest BCUT2D eigenvalue weighted by molar-refractivity contribution is 14.0. The van der Waals surface area contributed by atoms with Crippen molar-refractivity contribution in [1.82, 2.24) is 15.5 Å². The smallest absolute Gasteiger partial charge is 0.191 e. The second-order valence-electron chi connectivity index (χ2n) is 6.17. The Hall–Kier alpha value is -0.340. The lowest BCUT2D eigenvalue weighted by Gasteiger charge is -2.29. The zero-order valence-electron chi connectivity index (χ0n) is 14.4. The van der Waals surface area contributed by atoms with E-state index in [0.29, 0.717) is 5.92 Å². The maximum absolute atomic E-state index is 4.66. The lowest BCUT2D eigenvalue weighted by atomic mass is 10.1. The number of aliphatic imine (C=N–C) groups is 1. The number of nitrogens with zero attached hydrogens (tertiary/aromatic N) is 2. The van der Waals surface area contributed by atoms with E-state index in [4.69, 9.17) is 0 Å². The third kappa shape index (κ3) is 8.35. The van der Waals surface area contributed by atoms with Crippen LogP contribution in [-0.2, 0) is 6.54 Å². The van der Waals surface area contributed by atoms with E-state index >= 15 is 0 Å². The van der Waals surface area contributed by atoms with E-state index in [0.717, 1.165) is 25.6 Å². The SMILES string of the molecule is CCNC(=NCc1ccsc1)NCC(C)CN1CCCCC1.I. The zero-order chi connectivity index (χ0) is 15.6. The Balaban J connectivity index is 0.00000264. The van der Waals surface area contributed by atoms with Gasteiger partial charge in [-0.1, -0.05) is 13.3 Å². The molecule has 0 spiro atoms. The van der Waals surface area contributed by atoms with E-state index in [1.165, 1.54) is 44.5 Å². The lowest BCUT2D eigenvalue weighted by molar-refractivity contribution is 0.201. The summed E-state index contributed by atoms with van der Waals surface area (Å²) in [7, 11) is 0. The van der Waals surface area contributed by atoms with Crippen molar-refractivity contribution in [3.63, 3.8) is 0 Å². The summed E-state index contributed by atoms with van der Waals surface area (Å²) >= 11 is 1.73. The molecule has 132 valence electrons. The minimum Gasteiger partial charge on any atom is -0.357 e. The van der Waals surface area contributed by atoms with E-state index in [2.05, 4.69) is 51.2 Å². The van der Waals surface area contributed by atoms with Crippen LogP contribution in [0.5, 0.6) is 0 Å². The molecule has 1 saturated heterocycles. The first-order chi connectivity index (χ1) is 10.8. The van der Waals surface area contributed by atoms with Gasteiger partial charge in [-0.3, -0.25) is 0 Å². The van der Waals surface area contributed by atoms with Gasteiger partial charge in [-0.25, -0.2) is 4.99 Å². The zero-order valence-corrected chi connectivity index (χ0v) is 17.5. The standard InChI is InChI=1S/C17H30N4S.HI/c1-3-18-17(20-12-16-7-10-22-14-16)19-11-15(2)13-21-8-5-4-6-9-21;/h7,10,14-15H,3-6,8-9,11-13H2,1-2H3,(H2,18,19,20);1H. The van der Waals surface area contributed by atoms with Crippen LogP contribution < -0.4 is 10.6 Å². The lowest BCUT2D eigenvalue weighted by Crippen LogP contribution is -2.42. The Morgan fingerprint density at radius 1 is 1.30 bits per heavy atom. The van der Waals surface area contributed by atoms with Crippen molar-refractivity contribution in [2.75, 3.05) is 32.7 Å². The van der Waals surface area contributed by atoms with Gasteiger partial charge >= 0.3 is 0 Å². The van der Waals surface area contributed by atoms with E-state index in [1.807, 2.05) is 0 Å². The fraction of sp³-hybridized carbons (Fsp3) is 0.706. The summed E-state index contributed by atoms with van der Waals surface area (Å²) in [4.78, 5) is 7.26. The van der Waals surface area contributed by atoms with Crippen LogP contribution >= 0.6 is 35.3 Å². The first kappa shape index (κ1) is 20.7. The highest BCUT2D eigenvalue weighted by Gasteiger charge is 2.13. The summed E-state index contributed by atoms with van der Waals surface area (Å²) in [5.74, 6) is 1.57. The molecule has 1 atom stereocenters. The molecule has 1 aliphatic heterocycles. The Bertz CT molecular complexity index is 430. The van der Waals surface area contributed by atoms with E-state index < -0.39 is 0 Å². The third-order valence-corrected chi connectivity index (χ3v) is 4.71. The van der Waals surface area contributed by atoms with Crippen molar-refractivity contribution < 1.29 is 0 Å². The second-order valence-corrected chi connectivity index (χ2v) is 6.95. The van der Waals surface area contributed by atoms with Crippen LogP contribution in [0.3, 0.4) is 0 Å². The van der Waals surface area contributed by atoms with Crippen molar-refractivity contribution in [3.05, 3.63) is 22.4 Å². The van der Waals surface area contributed by atoms with Crippen LogP contribution in [0, 0.1) is 5.92 Å². The monoisotopic (exact) mass is 450 g/mol. The molecule has 0 aromatic carbocycles. The van der Waals surface area contributed by atoms with Gasteiger partial charge in [0.15, 0.2) is 5.96 Å². The Morgan fingerprint density at radius 2 is 2.09 bits per heavy atom. The fourth-order valence-corrected chi connectivity index (χ4v) is 3.47. The molecule has 6 heteroatoms. The summed E-state index contributed by atoms with van der Waals surface area (Å²) in [6.07, 6.45) is 4.14. The van der Waals surface area contributed by atoms with Crippen molar-refractivity contribution >= 4 is 41.3 Å². The number of rotatable bonds is 7. The minimum absolute atomic E-state index is 0. The van der Waals surface area contributed by atoms with Gasteiger partial charge in [-0.05, 0) is 61.2 Å². The van der Waals surface area contributed by atoms with E-state index in [-0.39, 0.29) is 24.0 Å². The topological polar surface area (TPSA) is 39.7 Å². The van der Waals surface area contributed by atoms with Gasteiger partial charge in [0.25, 0.3) is 0 Å². The number of hydrogen-bond acceptors (Lipinski definition) is 3. The molecule has 0 saturated carbocycles. The molecule has 4 nitrogen and oxygen atoms in total. The quantitative estimate of drug-likeness (QED) is 0.379. The van der Waals surface area contributed by atoms with Gasteiger partial charge in [0.1, 0.15) is 0 Å². The van der Waals surface area contributed by atoms with Crippen molar-refractivity contribution in [3.8, 4) is 0 Å². The molecular formula is C17H31IN4S. The summed E-state index contributed by atoms with van der Waals surface area (Å²) in [5, 5.41) is 11.1. The van der Waals surface area contributed by atoms with Gasteiger partial charge in [-0.2, -0.15) is 11.3 Å². The maximum atomic E-state index is 4.66. The molecule has 1 aromatic heterocycles. The molecule has 2 heterocycles. The van der Waals surface area contributed by atoms with Crippen molar-refractivity contribution in [2.24, 2.45) is 10.9 Å². The van der Waals surface area contributed by atoms with Crippen molar-refractivity contribution in [2.45, 2.75) is 39.7 Å². The summed E-state index contributed by atoms with van der Waals surface area (Å²) in [5.41, 5.74) is 1.28. The van der Waals surface area contributed by atoms with Gasteiger partial charge < -0.3 is 15.5 Å². The molecule has 2 N–H and O–H groups in total. The van der Waals surface area contributed by atoms with Gasteiger partial charge in [0.2, 0.25) is 0 Å². The molecule has 0 bridgehead atoms. The van der Waals surface area contributed by atoms with E-state index in [1.54, 1.807) is 11.3 Å². The van der Waals surface area contributed by atoms with Crippen LogP contribution in [0.2, 0.25) is 0 Å². The normalized spacial score (nSPS) is 17.4. The molecular weight excluding hydrogens is 419 g/mol. The number of likely N-dealkylation sites (tertiary alicyclic amines) is 1. The summed E-state index contributed by atoms with van der Waals surface area (Å²) < 4.78 is 0. The number of guanidine groups is 1. The maximum Gasteiger partial charge on any atom is 0.191 e. The molecule has 1 aromatic rings. The van der Waals surface area contributed by atoms with Crippen LogP contribution in [-0.4, -0.2) is 43.6 Å². The predicted octanol–water partition coefficient (Wildman–Crippen LogP) is 3.54.